The van der Waals surface area contributed by atoms with Gasteiger partial charge in [-0.05, 0) is 72.1 Å². The first kappa shape index (κ1) is 22.4. The molecule has 0 aliphatic heterocycles. The third-order valence-corrected chi connectivity index (χ3v) is 6.97. The molecular weight excluding hydrogens is 445 g/mol. The van der Waals surface area contributed by atoms with Crippen molar-refractivity contribution in [2.24, 2.45) is 0 Å². The van der Waals surface area contributed by atoms with Gasteiger partial charge in [0.25, 0.3) is 5.91 Å². The highest BCUT2D eigenvalue weighted by molar-refractivity contribution is 7.91. The summed E-state index contributed by atoms with van der Waals surface area (Å²) in [5, 5.41) is 3.05. The zero-order chi connectivity index (χ0) is 23.8. The maximum Gasteiger partial charge on any atom is 0.355 e. The topological polar surface area (TPSA) is 93.4 Å². The first-order valence-electron chi connectivity index (χ1n) is 10.1. The third-order valence-electron chi connectivity index (χ3n) is 5.21. The maximum absolute atomic E-state index is 13.2. The van der Waals surface area contributed by atoms with Gasteiger partial charge in [0, 0.05) is 16.6 Å². The van der Waals surface area contributed by atoms with Gasteiger partial charge in [0.1, 0.15) is 11.4 Å². The van der Waals surface area contributed by atoms with Gasteiger partial charge in [0.15, 0.2) is 4.90 Å². The van der Waals surface area contributed by atoms with Crippen molar-refractivity contribution in [3.05, 3.63) is 100 Å². The predicted octanol–water partition coefficient (Wildman–Crippen LogP) is 5.14. The number of carbonyl (C=O) groups is 1. The minimum absolute atomic E-state index is 0.135. The Morgan fingerprint density at radius 2 is 1.61 bits per heavy atom. The summed E-state index contributed by atoms with van der Waals surface area (Å²) >= 11 is 0. The van der Waals surface area contributed by atoms with E-state index in [9.17, 15) is 22.4 Å². The number of amides is 1. The van der Waals surface area contributed by atoms with Crippen LogP contribution in [0.5, 0.6) is 0 Å². The van der Waals surface area contributed by atoms with Crippen LogP contribution in [0.25, 0.3) is 11.0 Å². The Balaban J connectivity index is 1.68. The molecule has 33 heavy (non-hydrogen) atoms. The molecular formula is C25H20FNO5S. The summed E-state index contributed by atoms with van der Waals surface area (Å²) in [5.74, 6) is -0.636. The van der Waals surface area contributed by atoms with Gasteiger partial charge in [-0.15, -0.1) is 0 Å². The van der Waals surface area contributed by atoms with Crippen molar-refractivity contribution in [3.8, 4) is 0 Å². The van der Waals surface area contributed by atoms with Crippen LogP contribution in [0.15, 0.2) is 91.8 Å². The maximum atomic E-state index is 13.2. The van der Waals surface area contributed by atoms with E-state index in [2.05, 4.69) is 19.2 Å². The number of nitrogens with one attached hydrogen (secondary N) is 1. The largest absolute Gasteiger partial charge is 0.422 e. The normalized spacial score (nSPS) is 11.6. The molecule has 6 nitrogen and oxygen atoms in total. The van der Waals surface area contributed by atoms with Crippen LogP contribution >= 0.6 is 0 Å². The lowest BCUT2D eigenvalue weighted by Gasteiger charge is -2.09. The second kappa shape index (κ2) is 8.63. The van der Waals surface area contributed by atoms with Crippen LogP contribution in [-0.2, 0) is 9.84 Å². The van der Waals surface area contributed by atoms with E-state index >= 15 is 0 Å². The molecule has 0 fully saturated rings. The number of halogens is 1. The van der Waals surface area contributed by atoms with E-state index in [1.54, 1.807) is 12.1 Å². The lowest BCUT2D eigenvalue weighted by Crippen LogP contribution is -2.15. The average molecular weight is 466 g/mol. The molecule has 0 aliphatic rings. The molecule has 1 amide bonds. The molecule has 0 bridgehead atoms. The second-order valence-electron chi connectivity index (χ2n) is 7.84. The second-order valence-corrected chi connectivity index (χ2v) is 9.76. The van der Waals surface area contributed by atoms with Gasteiger partial charge in [0.05, 0.1) is 4.90 Å². The molecule has 1 aromatic heterocycles. The minimum Gasteiger partial charge on any atom is -0.422 e. The minimum atomic E-state index is -4.24. The van der Waals surface area contributed by atoms with Gasteiger partial charge in [0.2, 0.25) is 9.84 Å². The summed E-state index contributed by atoms with van der Waals surface area (Å²) in [4.78, 5) is 24.2. The summed E-state index contributed by atoms with van der Waals surface area (Å²) in [6, 6.07) is 17.1. The molecule has 0 aliphatic carbocycles. The highest BCUT2D eigenvalue weighted by Gasteiger charge is 2.23. The Labute approximate surface area is 189 Å². The van der Waals surface area contributed by atoms with Crippen LogP contribution in [0.4, 0.5) is 10.1 Å². The zero-order valence-electron chi connectivity index (χ0n) is 17.8. The molecule has 0 unspecified atom stereocenters. The summed E-state index contributed by atoms with van der Waals surface area (Å²) < 4.78 is 44.1. The van der Waals surface area contributed by atoms with E-state index in [4.69, 9.17) is 4.42 Å². The molecule has 8 heteroatoms. The fraction of sp³-hybridized carbons (Fsp3) is 0.120. The first-order valence-corrected chi connectivity index (χ1v) is 11.6. The van der Waals surface area contributed by atoms with Gasteiger partial charge in [-0.2, -0.15) is 0 Å². The van der Waals surface area contributed by atoms with Crippen LogP contribution in [-0.4, -0.2) is 14.3 Å². The zero-order valence-corrected chi connectivity index (χ0v) is 18.6. The number of hydrogen-bond donors (Lipinski definition) is 1. The Hall–Kier alpha value is -3.78. The molecule has 0 saturated carbocycles. The monoisotopic (exact) mass is 465 g/mol. The molecule has 0 spiro atoms. The van der Waals surface area contributed by atoms with Gasteiger partial charge < -0.3 is 9.73 Å². The summed E-state index contributed by atoms with van der Waals surface area (Å²) in [6.07, 6.45) is 0. The van der Waals surface area contributed by atoms with Crippen molar-refractivity contribution in [2.45, 2.75) is 29.6 Å². The number of rotatable bonds is 5. The quantitative estimate of drug-likeness (QED) is 0.325. The lowest BCUT2D eigenvalue weighted by molar-refractivity contribution is 0.102. The van der Waals surface area contributed by atoms with Gasteiger partial charge in [-0.25, -0.2) is 17.6 Å². The van der Waals surface area contributed by atoms with Crippen LogP contribution in [0.1, 0.15) is 35.7 Å². The number of anilines is 1. The van der Waals surface area contributed by atoms with Crippen molar-refractivity contribution in [2.75, 3.05) is 5.32 Å². The molecule has 0 saturated heterocycles. The van der Waals surface area contributed by atoms with E-state index in [-0.39, 0.29) is 21.4 Å². The van der Waals surface area contributed by atoms with Crippen molar-refractivity contribution in [3.63, 3.8) is 0 Å². The van der Waals surface area contributed by atoms with E-state index in [1.807, 2.05) is 12.1 Å². The van der Waals surface area contributed by atoms with E-state index in [1.165, 1.54) is 18.2 Å². The van der Waals surface area contributed by atoms with E-state index < -0.39 is 32.1 Å². The lowest BCUT2D eigenvalue weighted by atomic mass is 10.0. The molecule has 4 rings (SSSR count). The molecule has 1 heterocycles. The Morgan fingerprint density at radius 1 is 0.939 bits per heavy atom. The Morgan fingerprint density at radius 3 is 2.24 bits per heavy atom. The molecule has 3 aromatic carbocycles. The van der Waals surface area contributed by atoms with Gasteiger partial charge in [-0.1, -0.05) is 26.0 Å². The van der Waals surface area contributed by atoms with Crippen LogP contribution in [0.2, 0.25) is 0 Å². The highest BCUT2D eigenvalue weighted by Crippen LogP contribution is 2.24. The van der Waals surface area contributed by atoms with Crippen LogP contribution in [0, 0.1) is 5.82 Å². The number of benzene rings is 3. The first-order chi connectivity index (χ1) is 15.6. The van der Waals surface area contributed by atoms with Gasteiger partial charge >= 0.3 is 5.63 Å². The Kier molecular flexibility index (Phi) is 5.86. The fourth-order valence-electron chi connectivity index (χ4n) is 3.33. The van der Waals surface area contributed by atoms with Crippen molar-refractivity contribution in [1.82, 2.24) is 0 Å². The number of sulfone groups is 1. The van der Waals surface area contributed by atoms with Crippen molar-refractivity contribution >= 4 is 32.4 Å². The smallest absolute Gasteiger partial charge is 0.355 e. The molecule has 1 N–H and O–H groups in total. The fourth-order valence-corrected chi connectivity index (χ4v) is 4.62. The highest BCUT2D eigenvalue weighted by atomic mass is 32.2. The molecule has 168 valence electrons. The number of carbonyl (C=O) groups excluding carboxylic acids is 1. The Bertz CT molecular complexity index is 1510. The summed E-state index contributed by atoms with van der Waals surface area (Å²) in [7, 11) is -4.24. The van der Waals surface area contributed by atoms with Crippen LogP contribution < -0.4 is 10.9 Å². The summed E-state index contributed by atoms with van der Waals surface area (Å²) in [5.41, 5.74) is 1.10. The van der Waals surface area contributed by atoms with Crippen LogP contribution in [0.3, 0.4) is 0 Å². The molecule has 0 radical (unpaired) electrons. The third kappa shape index (κ3) is 4.56. The number of fused-ring (bicyclic) bond motifs is 1. The van der Waals surface area contributed by atoms with E-state index in [0.717, 1.165) is 35.9 Å². The standard InChI is InChI=1S/C25H20FNO5S/c1-15(2)16-3-8-20(9-4-16)27-24(28)17-5-12-22-18(13-17)14-23(25(29)32-22)33(30,31)21-10-6-19(26)7-11-21/h3-15H,1-2H3,(H,27,28). The van der Waals surface area contributed by atoms with Gasteiger partial charge in [-0.3, -0.25) is 4.79 Å². The SMILES string of the molecule is CC(C)c1ccc(NC(=O)c2ccc3oc(=O)c(S(=O)(=O)c4ccc(F)cc4)cc3c2)cc1. The molecule has 4 aromatic rings. The van der Waals surface area contributed by atoms with Crippen molar-refractivity contribution < 1.29 is 22.0 Å². The number of hydrogen-bond acceptors (Lipinski definition) is 5. The predicted molar refractivity (Wildman–Crippen MR) is 123 cm³/mol. The van der Waals surface area contributed by atoms with E-state index in [0.29, 0.717) is 11.6 Å². The molecule has 0 atom stereocenters. The average Bonchev–Trinajstić information content (AvgIpc) is 2.79. The van der Waals surface area contributed by atoms with Crippen molar-refractivity contribution in [1.29, 1.82) is 0 Å². The summed E-state index contributed by atoms with van der Waals surface area (Å²) in [6.45, 7) is 4.15.